The molecule has 0 N–H and O–H groups in total. The summed E-state index contributed by atoms with van der Waals surface area (Å²) in [6.07, 6.45) is 0. The summed E-state index contributed by atoms with van der Waals surface area (Å²) < 4.78 is 22.2. The van der Waals surface area contributed by atoms with Crippen molar-refractivity contribution in [3.63, 3.8) is 0 Å². The number of carbonyl (C=O) groups is 2. The van der Waals surface area contributed by atoms with Gasteiger partial charge >= 0.3 is 0 Å². The number of rotatable bonds is 11. The van der Waals surface area contributed by atoms with E-state index >= 15 is 0 Å². The van der Waals surface area contributed by atoms with E-state index in [1.807, 2.05) is 6.92 Å². The number of ketones is 1. The fraction of sp³-hybridized carbons (Fsp3) is 0.364. The standard InChI is InChI=1S/C22H25Cl2N3O6/c1-6-32-14-8-9-17(18(10-14)33-7-2)27(24)22(29)21(13(3)28)26-25-16-12-20(31-5)19(30-4)11-15(16)23/h8-12,21H,6-7H2,1-5H3. The van der Waals surface area contributed by atoms with Gasteiger partial charge in [0.15, 0.2) is 17.3 Å². The van der Waals surface area contributed by atoms with Gasteiger partial charge in [0, 0.05) is 30.0 Å². The average Bonchev–Trinajstić information content (AvgIpc) is 2.79. The number of methoxy groups -OCH3 is 2. The molecule has 0 aliphatic carbocycles. The number of hydrogen-bond donors (Lipinski definition) is 0. The number of amides is 1. The molecule has 0 saturated heterocycles. The number of Topliss-reactive ketones (excluding diaryl/α,β-unsaturated/α-hetero) is 1. The summed E-state index contributed by atoms with van der Waals surface area (Å²) in [6, 6.07) is 6.26. The van der Waals surface area contributed by atoms with Crippen LogP contribution in [-0.4, -0.2) is 45.2 Å². The van der Waals surface area contributed by atoms with Gasteiger partial charge in [-0.1, -0.05) is 11.6 Å². The lowest BCUT2D eigenvalue weighted by Gasteiger charge is -2.20. The highest BCUT2D eigenvalue weighted by Gasteiger charge is 2.30. The first-order chi connectivity index (χ1) is 15.8. The first-order valence-electron chi connectivity index (χ1n) is 9.99. The summed E-state index contributed by atoms with van der Waals surface area (Å²) in [5.41, 5.74) is 0.420. The molecule has 0 heterocycles. The highest BCUT2D eigenvalue weighted by atomic mass is 35.5. The first-order valence-corrected chi connectivity index (χ1v) is 10.7. The van der Waals surface area contributed by atoms with Gasteiger partial charge in [-0.25, -0.2) is 4.42 Å². The summed E-state index contributed by atoms with van der Waals surface area (Å²) in [7, 11) is 2.92. The zero-order chi connectivity index (χ0) is 24.5. The Labute approximate surface area is 202 Å². The van der Waals surface area contributed by atoms with Crippen molar-refractivity contribution in [2.45, 2.75) is 26.8 Å². The minimum absolute atomic E-state index is 0.186. The molecule has 0 bridgehead atoms. The highest BCUT2D eigenvalue weighted by Crippen LogP contribution is 2.38. The van der Waals surface area contributed by atoms with Crippen LogP contribution in [0.15, 0.2) is 40.6 Å². The van der Waals surface area contributed by atoms with Gasteiger partial charge in [0.2, 0.25) is 6.04 Å². The monoisotopic (exact) mass is 497 g/mol. The van der Waals surface area contributed by atoms with Crippen molar-refractivity contribution in [2.24, 2.45) is 10.2 Å². The summed E-state index contributed by atoms with van der Waals surface area (Å²) in [4.78, 5) is 25.2. The minimum Gasteiger partial charge on any atom is -0.494 e. The van der Waals surface area contributed by atoms with Gasteiger partial charge in [0.25, 0.3) is 5.91 Å². The van der Waals surface area contributed by atoms with E-state index in [4.69, 9.17) is 42.3 Å². The zero-order valence-electron chi connectivity index (χ0n) is 18.9. The van der Waals surface area contributed by atoms with Crippen LogP contribution >= 0.6 is 23.4 Å². The molecule has 0 aromatic heterocycles. The van der Waals surface area contributed by atoms with E-state index in [0.29, 0.717) is 36.2 Å². The summed E-state index contributed by atoms with van der Waals surface area (Å²) in [5, 5.41) is 8.09. The van der Waals surface area contributed by atoms with Crippen LogP contribution in [0.25, 0.3) is 0 Å². The predicted molar refractivity (Wildman–Crippen MR) is 126 cm³/mol. The molecule has 1 atom stereocenters. The second kappa shape index (κ2) is 12.3. The summed E-state index contributed by atoms with van der Waals surface area (Å²) in [6.45, 7) is 5.63. The second-order valence-corrected chi connectivity index (χ2v) is 7.25. The molecule has 33 heavy (non-hydrogen) atoms. The third kappa shape index (κ3) is 6.49. The van der Waals surface area contributed by atoms with E-state index in [1.54, 1.807) is 25.1 Å². The van der Waals surface area contributed by atoms with Crippen LogP contribution in [0.2, 0.25) is 5.02 Å². The Hall–Kier alpha value is -3.04. The molecule has 0 radical (unpaired) electrons. The van der Waals surface area contributed by atoms with Gasteiger partial charge in [-0.2, -0.15) is 10.2 Å². The maximum atomic E-state index is 13.0. The van der Waals surface area contributed by atoms with Crippen LogP contribution in [0.4, 0.5) is 11.4 Å². The summed E-state index contributed by atoms with van der Waals surface area (Å²) in [5.74, 6) is 0.245. The van der Waals surface area contributed by atoms with Crippen LogP contribution < -0.4 is 23.4 Å². The Morgan fingerprint density at radius 2 is 1.64 bits per heavy atom. The number of anilines is 1. The average molecular weight is 498 g/mol. The number of azo groups is 1. The smallest absolute Gasteiger partial charge is 0.276 e. The number of carbonyl (C=O) groups excluding carboxylic acids is 2. The molecule has 2 rings (SSSR count). The zero-order valence-corrected chi connectivity index (χ0v) is 20.4. The van der Waals surface area contributed by atoms with Crippen molar-refractivity contribution in [1.29, 1.82) is 0 Å². The normalized spacial score (nSPS) is 11.7. The lowest BCUT2D eigenvalue weighted by atomic mass is 10.2. The minimum atomic E-state index is -1.51. The molecule has 0 spiro atoms. The van der Waals surface area contributed by atoms with Crippen LogP contribution in [0.1, 0.15) is 20.8 Å². The molecule has 2 aromatic carbocycles. The van der Waals surface area contributed by atoms with Gasteiger partial charge in [-0.05, 0) is 32.9 Å². The maximum absolute atomic E-state index is 13.0. The van der Waals surface area contributed by atoms with Crippen molar-refractivity contribution < 1.29 is 28.5 Å². The number of nitrogens with zero attached hydrogens (tertiary/aromatic N) is 3. The largest absolute Gasteiger partial charge is 0.494 e. The Kier molecular flexibility index (Phi) is 9.74. The number of halogens is 2. The van der Waals surface area contributed by atoms with Gasteiger partial charge in [0.1, 0.15) is 22.9 Å². The molecule has 178 valence electrons. The van der Waals surface area contributed by atoms with E-state index in [-0.39, 0.29) is 16.4 Å². The molecular formula is C22H25Cl2N3O6. The van der Waals surface area contributed by atoms with Crippen LogP contribution in [0, 0.1) is 0 Å². The topological polar surface area (TPSA) is 99.0 Å². The fourth-order valence-electron chi connectivity index (χ4n) is 2.75. The molecule has 9 nitrogen and oxygen atoms in total. The fourth-order valence-corrected chi connectivity index (χ4v) is 3.18. The van der Waals surface area contributed by atoms with Crippen LogP contribution in [-0.2, 0) is 9.59 Å². The highest BCUT2D eigenvalue weighted by molar-refractivity contribution is 6.39. The molecule has 2 aromatic rings. The van der Waals surface area contributed by atoms with E-state index in [1.165, 1.54) is 33.3 Å². The van der Waals surface area contributed by atoms with Crippen molar-refractivity contribution in [3.05, 3.63) is 35.4 Å². The lowest BCUT2D eigenvalue weighted by molar-refractivity contribution is -0.126. The number of benzene rings is 2. The van der Waals surface area contributed by atoms with Crippen molar-refractivity contribution in [1.82, 2.24) is 0 Å². The van der Waals surface area contributed by atoms with E-state index < -0.39 is 17.7 Å². The lowest BCUT2D eigenvalue weighted by Crippen LogP contribution is -2.36. The van der Waals surface area contributed by atoms with Crippen LogP contribution in [0.3, 0.4) is 0 Å². The third-order valence-corrected chi connectivity index (χ3v) is 4.95. The Morgan fingerprint density at radius 1 is 1.00 bits per heavy atom. The van der Waals surface area contributed by atoms with Crippen molar-refractivity contribution in [3.8, 4) is 23.0 Å². The van der Waals surface area contributed by atoms with Gasteiger partial charge < -0.3 is 18.9 Å². The van der Waals surface area contributed by atoms with E-state index in [9.17, 15) is 9.59 Å². The molecule has 0 aliphatic rings. The molecule has 1 amide bonds. The second-order valence-electron chi connectivity index (χ2n) is 6.50. The molecule has 0 saturated carbocycles. The number of ether oxygens (including phenoxy) is 4. The molecular weight excluding hydrogens is 473 g/mol. The summed E-state index contributed by atoms with van der Waals surface area (Å²) >= 11 is 12.5. The SMILES string of the molecule is CCOc1ccc(N(Cl)C(=O)C(N=Nc2cc(OC)c(OC)cc2Cl)C(C)=O)c(OCC)c1. The third-order valence-electron chi connectivity index (χ3n) is 4.30. The van der Waals surface area contributed by atoms with Gasteiger partial charge in [-0.3, -0.25) is 9.59 Å². The molecule has 0 fully saturated rings. The van der Waals surface area contributed by atoms with Crippen molar-refractivity contribution >= 4 is 46.4 Å². The van der Waals surface area contributed by atoms with Gasteiger partial charge in [-0.15, -0.1) is 0 Å². The molecule has 1 unspecified atom stereocenters. The van der Waals surface area contributed by atoms with E-state index in [0.717, 1.165) is 4.42 Å². The van der Waals surface area contributed by atoms with Gasteiger partial charge in [0.05, 0.1) is 32.5 Å². The maximum Gasteiger partial charge on any atom is 0.276 e. The molecule has 0 aliphatic heterocycles. The molecule has 11 heteroatoms. The number of hydrogen-bond acceptors (Lipinski definition) is 8. The van der Waals surface area contributed by atoms with Crippen LogP contribution in [0.5, 0.6) is 23.0 Å². The Morgan fingerprint density at radius 3 is 2.21 bits per heavy atom. The quantitative estimate of drug-likeness (QED) is 0.234. The first kappa shape index (κ1) is 26.2. The van der Waals surface area contributed by atoms with Crippen molar-refractivity contribution in [2.75, 3.05) is 31.9 Å². The Bertz CT molecular complexity index is 1030. The predicted octanol–water partition coefficient (Wildman–Crippen LogP) is 5.38. The Balaban J connectivity index is 2.37. The van der Waals surface area contributed by atoms with E-state index in [2.05, 4.69) is 10.2 Å².